The second-order valence-corrected chi connectivity index (χ2v) is 5.96. The molecular formula is C19H17ClN4O2. The highest BCUT2D eigenvalue weighted by Crippen LogP contribution is 2.21. The van der Waals surface area contributed by atoms with E-state index in [1.807, 2.05) is 13.0 Å². The number of nitrogen functional groups attached to an aromatic ring is 1. The summed E-state index contributed by atoms with van der Waals surface area (Å²) in [5, 5.41) is 12.4. The number of hydrogen-bond donors (Lipinski definition) is 2. The van der Waals surface area contributed by atoms with E-state index in [2.05, 4.69) is 5.32 Å². The van der Waals surface area contributed by atoms with Gasteiger partial charge in [0.1, 0.15) is 11.6 Å². The van der Waals surface area contributed by atoms with Crippen LogP contribution in [-0.4, -0.2) is 11.8 Å². The van der Waals surface area contributed by atoms with Crippen molar-refractivity contribution in [3.05, 3.63) is 64.8 Å². The summed E-state index contributed by atoms with van der Waals surface area (Å²) in [5.41, 5.74) is 7.76. The molecule has 0 saturated carbocycles. The summed E-state index contributed by atoms with van der Waals surface area (Å²) in [6.45, 7) is 3.17. The number of hydrogen-bond acceptors (Lipinski definition) is 4. The van der Waals surface area contributed by atoms with Gasteiger partial charge in [0.05, 0.1) is 0 Å². The van der Waals surface area contributed by atoms with E-state index in [9.17, 15) is 14.9 Å². The third kappa shape index (κ3) is 4.62. The molecule has 0 radical (unpaired) electrons. The average molecular weight is 369 g/mol. The molecule has 0 saturated heterocycles. The summed E-state index contributed by atoms with van der Waals surface area (Å²) in [4.78, 5) is 25.5. The standard InChI is InChI=1S/C19H17ClN4O2/c1-12-3-6-16(9-18(12)20)23-19(26)14(10-21)11-24(13(2)25)17-7-4-15(22)5-8-17/h3-9,11H,22H2,1-2H3,(H,23,26)/b14-11-. The second-order valence-electron chi connectivity index (χ2n) is 5.55. The summed E-state index contributed by atoms with van der Waals surface area (Å²) in [5.74, 6) is -0.997. The Balaban J connectivity index is 2.29. The van der Waals surface area contributed by atoms with Crippen LogP contribution in [0.5, 0.6) is 0 Å². The highest BCUT2D eigenvalue weighted by Gasteiger charge is 2.15. The lowest BCUT2D eigenvalue weighted by molar-refractivity contribution is -0.116. The Hall–Kier alpha value is -3.30. The van der Waals surface area contributed by atoms with Crippen molar-refractivity contribution in [2.75, 3.05) is 16.0 Å². The number of aryl methyl sites for hydroxylation is 1. The number of nitrogens with two attached hydrogens (primary N) is 1. The first-order valence-electron chi connectivity index (χ1n) is 7.66. The van der Waals surface area contributed by atoms with Crippen LogP contribution in [0.3, 0.4) is 0 Å². The van der Waals surface area contributed by atoms with Crippen LogP contribution in [0, 0.1) is 18.3 Å². The van der Waals surface area contributed by atoms with E-state index < -0.39 is 5.91 Å². The molecule has 3 N–H and O–H groups in total. The Morgan fingerprint density at radius 3 is 2.42 bits per heavy atom. The lowest BCUT2D eigenvalue weighted by atomic mass is 10.2. The van der Waals surface area contributed by atoms with Gasteiger partial charge in [-0.1, -0.05) is 17.7 Å². The van der Waals surface area contributed by atoms with Crippen molar-refractivity contribution in [3.63, 3.8) is 0 Å². The Morgan fingerprint density at radius 1 is 1.23 bits per heavy atom. The topological polar surface area (TPSA) is 99.2 Å². The van der Waals surface area contributed by atoms with Crippen molar-refractivity contribution in [1.29, 1.82) is 5.26 Å². The van der Waals surface area contributed by atoms with Gasteiger partial charge in [-0.15, -0.1) is 0 Å². The Morgan fingerprint density at radius 2 is 1.88 bits per heavy atom. The van der Waals surface area contributed by atoms with E-state index >= 15 is 0 Å². The van der Waals surface area contributed by atoms with Gasteiger partial charge in [-0.25, -0.2) is 0 Å². The van der Waals surface area contributed by atoms with Gasteiger partial charge in [-0.2, -0.15) is 5.26 Å². The van der Waals surface area contributed by atoms with Crippen molar-refractivity contribution in [2.24, 2.45) is 0 Å². The van der Waals surface area contributed by atoms with E-state index in [1.54, 1.807) is 42.5 Å². The zero-order valence-corrected chi connectivity index (χ0v) is 15.0. The van der Waals surface area contributed by atoms with Crippen LogP contribution in [-0.2, 0) is 9.59 Å². The van der Waals surface area contributed by atoms with Crippen molar-refractivity contribution in [1.82, 2.24) is 0 Å². The maximum absolute atomic E-state index is 12.4. The predicted octanol–water partition coefficient (Wildman–Crippen LogP) is 3.63. The van der Waals surface area contributed by atoms with Gasteiger partial charge in [-0.05, 0) is 48.9 Å². The predicted molar refractivity (Wildman–Crippen MR) is 103 cm³/mol. The molecule has 2 amide bonds. The minimum atomic E-state index is -0.644. The fourth-order valence-electron chi connectivity index (χ4n) is 2.12. The molecule has 0 spiro atoms. The van der Waals surface area contributed by atoms with E-state index in [0.29, 0.717) is 22.1 Å². The van der Waals surface area contributed by atoms with Gasteiger partial charge in [0.25, 0.3) is 5.91 Å². The number of benzene rings is 2. The Labute approximate surface area is 156 Å². The fraction of sp³-hybridized carbons (Fsp3) is 0.105. The van der Waals surface area contributed by atoms with E-state index in [0.717, 1.165) is 5.56 Å². The van der Waals surface area contributed by atoms with Crippen molar-refractivity contribution < 1.29 is 9.59 Å². The largest absolute Gasteiger partial charge is 0.399 e. The summed E-state index contributed by atoms with van der Waals surface area (Å²) in [6, 6.07) is 13.3. The lowest BCUT2D eigenvalue weighted by Gasteiger charge is -2.17. The molecular weight excluding hydrogens is 352 g/mol. The van der Waals surface area contributed by atoms with E-state index in [-0.39, 0.29) is 11.5 Å². The molecule has 0 atom stereocenters. The van der Waals surface area contributed by atoms with Crippen LogP contribution in [0.4, 0.5) is 17.1 Å². The lowest BCUT2D eigenvalue weighted by Crippen LogP contribution is -2.25. The van der Waals surface area contributed by atoms with Gasteiger partial charge in [0, 0.05) is 35.2 Å². The monoisotopic (exact) mass is 368 g/mol. The van der Waals surface area contributed by atoms with E-state index in [4.69, 9.17) is 17.3 Å². The van der Waals surface area contributed by atoms with Crippen molar-refractivity contribution in [2.45, 2.75) is 13.8 Å². The Kier molecular flexibility index (Phi) is 5.99. The maximum atomic E-state index is 12.4. The number of nitrogens with zero attached hydrogens (tertiary/aromatic N) is 2. The van der Waals surface area contributed by atoms with Gasteiger partial charge in [-0.3, -0.25) is 14.5 Å². The molecule has 0 aliphatic heterocycles. The number of anilines is 3. The third-order valence-corrected chi connectivity index (χ3v) is 3.97. The zero-order valence-electron chi connectivity index (χ0n) is 14.3. The first kappa shape index (κ1) is 19.0. The average Bonchev–Trinajstić information content (AvgIpc) is 2.60. The molecule has 0 fully saturated rings. The first-order valence-corrected chi connectivity index (χ1v) is 8.04. The van der Waals surface area contributed by atoms with Crippen molar-refractivity contribution >= 4 is 40.5 Å². The SMILES string of the molecule is CC(=O)N(/C=C(/C#N)C(=O)Nc1ccc(C)c(Cl)c1)c1ccc(N)cc1. The third-order valence-electron chi connectivity index (χ3n) is 3.56. The molecule has 0 aliphatic carbocycles. The molecule has 6 nitrogen and oxygen atoms in total. The second kappa shape index (κ2) is 8.19. The molecule has 2 aromatic rings. The smallest absolute Gasteiger partial charge is 0.267 e. The quantitative estimate of drug-likeness (QED) is 0.489. The molecule has 0 aromatic heterocycles. The van der Waals surface area contributed by atoms with Gasteiger partial charge in [0.2, 0.25) is 5.91 Å². The molecule has 7 heteroatoms. The van der Waals surface area contributed by atoms with Crippen molar-refractivity contribution in [3.8, 4) is 6.07 Å². The highest BCUT2D eigenvalue weighted by atomic mass is 35.5. The summed E-state index contributed by atoms with van der Waals surface area (Å²) in [7, 11) is 0. The number of rotatable bonds is 4. The molecule has 0 bridgehead atoms. The minimum Gasteiger partial charge on any atom is -0.399 e. The van der Waals surface area contributed by atoms with Crippen LogP contribution >= 0.6 is 11.6 Å². The molecule has 2 rings (SSSR count). The van der Waals surface area contributed by atoms with Crippen LogP contribution in [0.1, 0.15) is 12.5 Å². The number of nitriles is 1. The number of carbonyl (C=O) groups is 2. The molecule has 0 aliphatic rings. The van der Waals surface area contributed by atoms with Gasteiger partial charge in [0.15, 0.2) is 0 Å². The number of carbonyl (C=O) groups excluding carboxylic acids is 2. The maximum Gasteiger partial charge on any atom is 0.267 e. The first-order chi connectivity index (χ1) is 12.3. The zero-order chi connectivity index (χ0) is 19.3. The molecule has 2 aromatic carbocycles. The van der Waals surface area contributed by atoms with Crippen LogP contribution in [0.2, 0.25) is 5.02 Å². The molecule has 0 heterocycles. The van der Waals surface area contributed by atoms with Gasteiger partial charge < -0.3 is 11.1 Å². The molecule has 0 unspecified atom stereocenters. The summed E-state index contributed by atoms with van der Waals surface area (Å²) < 4.78 is 0. The Bertz CT molecular complexity index is 914. The number of amides is 2. The number of halogens is 1. The number of nitrogens with one attached hydrogen (secondary N) is 1. The van der Waals surface area contributed by atoms with E-state index in [1.165, 1.54) is 18.0 Å². The van der Waals surface area contributed by atoms with Crippen LogP contribution in [0.25, 0.3) is 0 Å². The minimum absolute atomic E-state index is 0.228. The summed E-state index contributed by atoms with van der Waals surface area (Å²) >= 11 is 6.04. The normalized spacial score (nSPS) is 10.8. The van der Waals surface area contributed by atoms with Crippen LogP contribution in [0.15, 0.2) is 54.2 Å². The fourth-order valence-corrected chi connectivity index (χ4v) is 2.30. The molecule has 132 valence electrons. The molecule has 26 heavy (non-hydrogen) atoms. The summed E-state index contributed by atoms with van der Waals surface area (Å²) in [6.07, 6.45) is 1.19. The van der Waals surface area contributed by atoms with Gasteiger partial charge >= 0.3 is 0 Å². The van der Waals surface area contributed by atoms with Crippen LogP contribution < -0.4 is 16.0 Å². The highest BCUT2D eigenvalue weighted by molar-refractivity contribution is 6.31.